The van der Waals surface area contributed by atoms with Crippen LogP contribution in [-0.4, -0.2) is 24.0 Å². The van der Waals surface area contributed by atoms with E-state index in [4.69, 9.17) is 0 Å². The van der Waals surface area contributed by atoms with E-state index in [0.29, 0.717) is 22.5 Å². The number of rotatable bonds is 2. The highest BCUT2D eigenvalue weighted by Gasteiger charge is 2.38. The highest BCUT2D eigenvalue weighted by Crippen LogP contribution is 2.38. The van der Waals surface area contributed by atoms with Crippen LogP contribution in [0.5, 0.6) is 0 Å². The van der Waals surface area contributed by atoms with Gasteiger partial charge in [0.2, 0.25) is 0 Å². The van der Waals surface area contributed by atoms with Crippen LogP contribution in [0.2, 0.25) is 0 Å². The predicted octanol–water partition coefficient (Wildman–Crippen LogP) is 4.33. The van der Waals surface area contributed by atoms with Gasteiger partial charge in [-0.1, -0.05) is 30.3 Å². The van der Waals surface area contributed by atoms with Crippen LogP contribution in [0.3, 0.4) is 0 Å². The number of benzene rings is 1. The van der Waals surface area contributed by atoms with Gasteiger partial charge in [-0.05, 0) is 24.6 Å². The van der Waals surface area contributed by atoms with Gasteiger partial charge in [-0.2, -0.15) is 17.7 Å². The average Bonchev–Trinajstić information content (AvgIpc) is 3.32. The third-order valence-corrected chi connectivity index (χ3v) is 4.98. The van der Waals surface area contributed by atoms with E-state index in [1.807, 2.05) is 0 Å². The van der Waals surface area contributed by atoms with Crippen molar-refractivity contribution in [2.75, 3.05) is 0 Å². The van der Waals surface area contributed by atoms with Crippen LogP contribution in [0.15, 0.2) is 65.8 Å². The van der Waals surface area contributed by atoms with Gasteiger partial charge in [0.25, 0.3) is 5.56 Å². The van der Waals surface area contributed by atoms with Crippen molar-refractivity contribution in [2.24, 2.45) is 0 Å². The summed E-state index contributed by atoms with van der Waals surface area (Å²) in [5.41, 5.74) is 0.267. The van der Waals surface area contributed by atoms with Gasteiger partial charge >= 0.3 is 6.18 Å². The van der Waals surface area contributed by atoms with Crippen molar-refractivity contribution in [3.05, 3.63) is 82.8 Å². The van der Waals surface area contributed by atoms with Crippen LogP contribution < -0.4 is 5.56 Å². The Labute approximate surface area is 167 Å². The maximum Gasteiger partial charge on any atom is 0.433 e. The lowest BCUT2D eigenvalue weighted by Gasteiger charge is -2.08. The van der Waals surface area contributed by atoms with Gasteiger partial charge in [-0.15, -0.1) is 0 Å². The van der Waals surface area contributed by atoms with Crippen LogP contribution in [0.1, 0.15) is 11.4 Å². The van der Waals surface area contributed by atoms with Crippen LogP contribution >= 0.6 is 0 Å². The number of H-pyrrole nitrogens is 1. The number of hydrogen-bond acceptors (Lipinski definition) is 3. The van der Waals surface area contributed by atoms with E-state index in [0.717, 1.165) is 4.52 Å². The Kier molecular flexibility index (Phi) is 3.82. The van der Waals surface area contributed by atoms with E-state index in [1.54, 1.807) is 72.4 Å². The molecule has 30 heavy (non-hydrogen) atoms. The molecule has 0 saturated carbocycles. The van der Waals surface area contributed by atoms with E-state index in [-0.39, 0.29) is 16.8 Å². The molecule has 0 bridgehead atoms. The van der Waals surface area contributed by atoms with Gasteiger partial charge in [-0.3, -0.25) is 9.89 Å². The van der Waals surface area contributed by atoms with Gasteiger partial charge in [0.15, 0.2) is 5.65 Å². The minimum absolute atomic E-state index is 0.0662. The van der Waals surface area contributed by atoms with Crippen molar-refractivity contribution in [2.45, 2.75) is 13.1 Å². The summed E-state index contributed by atoms with van der Waals surface area (Å²) in [5.74, 6) is 0. The average molecular weight is 409 g/mol. The highest BCUT2D eigenvalue weighted by atomic mass is 19.4. The van der Waals surface area contributed by atoms with E-state index in [2.05, 4.69) is 15.1 Å². The molecule has 0 atom stereocenters. The Morgan fingerprint density at radius 2 is 1.77 bits per heavy atom. The van der Waals surface area contributed by atoms with E-state index in [9.17, 15) is 18.0 Å². The quantitative estimate of drug-likeness (QED) is 0.472. The molecule has 9 heteroatoms. The number of aromatic nitrogens is 5. The normalized spacial score (nSPS) is 12.1. The third-order valence-electron chi connectivity index (χ3n) is 4.98. The number of fused-ring (bicyclic) bond motifs is 2. The van der Waals surface area contributed by atoms with Gasteiger partial charge in [0.05, 0.1) is 16.8 Å². The molecule has 0 aliphatic rings. The van der Waals surface area contributed by atoms with Crippen LogP contribution in [0.25, 0.3) is 33.5 Å². The number of nitrogens with zero attached hydrogens (tertiary/aromatic N) is 4. The Morgan fingerprint density at radius 1 is 1.00 bits per heavy atom. The largest absolute Gasteiger partial charge is 0.433 e. The summed E-state index contributed by atoms with van der Waals surface area (Å²) in [6, 6.07) is 11.5. The fourth-order valence-corrected chi connectivity index (χ4v) is 3.66. The summed E-state index contributed by atoms with van der Waals surface area (Å²) in [6.45, 7) is 1.61. The Morgan fingerprint density at radius 3 is 2.50 bits per heavy atom. The van der Waals surface area contributed by atoms with Crippen molar-refractivity contribution in [1.29, 1.82) is 0 Å². The molecule has 1 N–H and O–H groups in total. The minimum Gasteiger partial charge on any atom is -0.306 e. The first-order valence-electron chi connectivity index (χ1n) is 9.05. The maximum atomic E-state index is 13.8. The van der Waals surface area contributed by atoms with E-state index in [1.165, 1.54) is 0 Å². The topological polar surface area (TPSA) is 67.5 Å². The zero-order chi connectivity index (χ0) is 21.0. The summed E-state index contributed by atoms with van der Waals surface area (Å²) in [7, 11) is 0. The van der Waals surface area contributed by atoms with Crippen molar-refractivity contribution in [3.63, 3.8) is 0 Å². The number of halogens is 3. The first kappa shape index (κ1) is 18.2. The zero-order valence-electron chi connectivity index (χ0n) is 15.6. The van der Waals surface area contributed by atoms with Crippen LogP contribution in [0.4, 0.5) is 13.2 Å². The monoisotopic (exact) mass is 409 g/mol. The first-order chi connectivity index (χ1) is 14.3. The molecule has 0 saturated heterocycles. The number of imidazole rings is 1. The summed E-state index contributed by atoms with van der Waals surface area (Å²) < 4.78 is 43.9. The summed E-state index contributed by atoms with van der Waals surface area (Å²) in [6.07, 6.45) is 0.357. The second kappa shape index (κ2) is 6.31. The van der Waals surface area contributed by atoms with Gasteiger partial charge in [-0.25, -0.2) is 9.97 Å². The lowest BCUT2D eigenvalue weighted by Crippen LogP contribution is -2.20. The van der Waals surface area contributed by atoms with Crippen molar-refractivity contribution < 1.29 is 13.2 Å². The molecule has 150 valence electrons. The standard InChI is InChI=1S/C21H14F3N5O/c1-12-16(14-7-8-15-25-9-10-28(15)11-14)20(30)29-19(26-12)17(13-5-3-2-4-6-13)18(27-29)21(22,23)24/h2-11,27H,1H3. The lowest BCUT2D eigenvalue weighted by molar-refractivity contribution is -0.140. The smallest absolute Gasteiger partial charge is 0.306 e. The Balaban J connectivity index is 1.84. The fourth-order valence-electron chi connectivity index (χ4n) is 3.66. The van der Waals surface area contributed by atoms with Crippen molar-refractivity contribution >= 4 is 11.3 Å². The third kappa shape index (κ3) is 2.70. The molecule has 5 rings (SSSR count). The fraction of sp³-hybridized carbons (Fsp3) is 0.0952. The number of nitrogens with one attached hydrogen (secondary N) is 1. The summed E-state index contributed by atoms with van der Waals surface area (Å²) in [4.78, 5) is 21.8. The molecule has 4 heterocycles. The predicted molar refractivity (Wildman–Crippen MR) is 105 cm³/mol. The lowest BCUT2D eigenvalue weighted by atomic mass is 10.0. The number of alkyl halides is 3. The molecular weight excluding hydrogens is 395 g/mol. The number of aromatic amines is 1. The molecule has 0 unspecified atom stereocenters. The number of aryl methyl sites for hydroxylation is 1. The maximum absolute atomic E-state index is 13.8. The van der Waals surface area contributed by atoms with Gasteiger partial charge in [0.1, 0.15) is 11.3 Å². The number of hydrogen-bond donors (Lipinski definition) is 1. The highest BCUT2D eigenvalue weighted by molar-refractivity contribution is 5.81. The molecule has 0 aliphatic carbocycles. The molecule has 4 aromatic heterocycles. The van der Waals surface area contributed by atoms with E-state index < -0.39 is 17.4 Å². The Bertz CT molecular complexity index is 1460. The Hall–Kier alpha value is -3.88. The molecule has 0 fully saturated rings. The van der Waals surface area contributed by atoms with Crippen molar-refractivity contribution in [3.8, 4) is 22.3 Å². The minimum atomic E-state index is -4.69. The molecular formula is C21H14F3N5O. The SMILES string of the molecule is Cc1nc2c(-c3ccccc3)c(C(F)(F)F)[nH]n2c(=O)c1-c1ccc2nccn2c1. The molecule has 5 aromatic rings. The number of pyridine rings is 1. The van der Waals surface area contributed by atoms with E-state index >= 15 is 0 Å². The van der Waals surface area contributed by atoms with Gasteiger partial charge in [0, 0.05) is 24.2 Å². The second-order valence-corrected chi connectivity index (χ2v) is 6.87. The van der Waals surface area contributed by atoms with Crippen molar-refractivity contribution in [1.82, 2.24) is 24.0 Å². The molecule has 0 spiro atoms. The summed E-state index contributed by atoms with van der Waals surface area (Å²) >= 11 is 0. The summed E-state index contributed by atoms with van der Waals surface area (Å²) in [5, 5.41) is 2.24. The van der Waals surface area contributed by atoms with Crippen LogP contribution in [-0.2, 0) is 6.18 Å². The first-order valence-corrected chi connectivity index (χ1v) is 9.05. The molecule has 0 amide bonds. The molecule has 0 radical (unpaired) electrons. The van der Waals surface area contributed by atoms with Gasteiger partial charge < -0.3 is 4.40 Å². The molecule has 0 aliphatic heterocycles. The second-order valence-electron chi connectivity index (χ2n) is 6.87. The van der Waals surface area contributed by atoms with Crippen LogP contribution in [0, 0.1) is 6.92 Å². The zero-order valence-corrected chi connectivity index (χ0v) is 15.6. The molecule has 6 nitrogen and oxygen atoms in total. The molecule has 1 aromatic carbocycles.